The number of benzene rings is 1. The first kappa shape index (κ1) is 10.9. The third-order valence-electron chi connectivity index (χ3n) is 2.47. The van der Waals surface area contributed by atoms with E-state index in [4.69, 9.17) is 4.74 Å². The van der Waals surface area contributed by atoms with E-state index in [1.54, 1.807) is 13.2 Å². The van der Waals surface area contributed by atoms with Crippen LogP contribution in [-0.2, 0) is 0 Å². The van der Waals surface area contributed by atoms with E-state index in [1.807, 2.05) is 20.0 Å². The van der Waals surface area contributed by atoms with Crippen molar-refractivity contribution in [2.45, 2.75) is 19.9 Å². The maximum atomic E-state index is 9.52. The maximum absolute atomic E-state index is 9.52. The highest BCUT2D eigenvalue weighted by Gasteiger charge is 2.10. The van der Waals surface area contributed by atoms with E-state index >= 15 is 0 Å². The van der Waals surface area contributed by atoms with Crippen molar-refractivity contribution in [3.05, 3.63) is 23.3 Å². The fraction of sp³-hybridized carbons (Fsp3) is 0.455. The second kappa shape index (κ2) is 4.33. The molecule has 0 fully saturated rings. The molecule has 0 spiro atoms. The summed E-state index contributed by atoms with van der Waals surface area (Å²) in [6.45, 7) is 4.04. The molecule has 1 rings (SSSR count). The summed E-state index contributed by atoms with van der Waals surface area (Å²) in [5, 5.41) is 12.7. The van der Waals surface area contributed by atoms with Crippen molar-refractivity contribution >= 4 is 0 Å². The highest BCUT2D eigenvalue weighted by molar-refractivity contribution is 5.46. The monoisotopic (exact) mass is 195 g/mol. The average molecular weight is 195 g/mol. The molecule has 3 nitrogen and oxygen atoms in total. The Morgan fingerprint density at radius 1 is 1.43 bits per heavy atom. The molecule has 78 valence electrons. The van der Waals surface area contributed by atoms with Crippen LogP contribution in [-0.4, -0.2) is 19.3 Å². The molecule has 0 aliphatic heterocycles. The summed E-state index contributed by atoms with van der Waals surface area (Å²) in [6.07, 6.45) is 0. The van der Waals surface area contributed by atoms with Crippen molar-refractivity contribution in [2.24, 2.45) is 0 Å². The van der Waals surface area contributed by atoms with Gasteiger partial charge in [-0.25, -0.2) is 0 Å². The van der Waals surface area contributed by atoms with Gasteiger partial charge >= 0.3 is 0 Å². The summed E-state index contributed by atoms with van der Waals surface area (Å²) in [6, 6.07) is 3.85. The lowest BCUT2D eigenvalue weighted by Crippen LogP contribution is -2.13. The van der Waals surface area contributed by atoms with Crippen molar-refractivity contribution in [3.8, 4) is 11.5 Å². The molecule has 0 saturated heterocycles. The van der Waals surface area contributed by atoms with Gasteiger partial charge in [-0.1, -0.05) is 0 Å². The molecule has 0 aliphatic carbocycles. The topological polar surface area (TPSA) is 41.5 Å². The zero-order chi connectivity index (χ0) is 10.7. The zero-order valence-electron chi connectivity index (χ0n) is 9.09. The van der Waals surface area contributed by atoms with Crippen LogP contribution < -0.4 is 10.1 Å². The van der Waals surface area contributed by atoms with Gasteiger partial charge in [-0.2, -0.15) is 0 Å². The van der Waals surface area contributed by atoms with Crippen molar-refractivity contribution in [3.63, 3.8) is 0 Å². The molecule has 2 N–H and O–H groups in total. The standard InChI is InChI=1S/C11H17NO2/c1-7-5-10(13)11(14-4)6-9(7)8(2)12-3/h5-6,8,12-13H,1-4H3. The Bertz CT molecular complexity index is 323. The van der Waals surface area contributed by atoms with Crippen molar-refractivity contribution in [1.82, 2.24) is 5.32 Å². The molecule has 1 aromatic carbocycles. The Hall–Kier alpha value is -1.22. The van der Waals surface area contributed by atoms with Crippen molar-refractivity contribution in [2.75, 3.05) is 14.2 Å². The SMILES string of the molecule is CNC(C)c1cc(OC)c(O)cc1C. The van der Waals surface area contributed by atoms with E-state index in [9.17, 15) is 5.11 Å². The Kier molecular flexibility index (Phi) is 3.36. The number of hydrogen-bond donors (Lipinski definition) is 2. The van der Waals surface area contributed by atoms with Gasteiger partial charge in [0.1, 0.15) is 0 Å². The summed E-state index contributed by atoms with van der Waals surface area (Å²) in [5.74, 6) is 0.713. The van der Waals surface area contributed by atoms with E-state index in [1.165, 1.54) is 0 Å². The van der Waals surface area contributed by atoms with Gasteiger partial charge in [-0.15, -0.1) is 0 Å². The minimum Gasteiger partial charge on any atom is -0.504 e. The first-order valence-electron chi connectivity index (χ1n) is 4.65. The first-order valence-corrected chi connectivity index (χ1v) is 4.65. The zero-order valence-corrected chi connectivity index (χ0v) is 9.09. The fourth-order valence-corrected chi connectivity index (χ4v) is 1.47. The molecule has 0 aromatic heterocycles. The smallest absolute Gasteiger partial charge is 0.160 e. The lowest BCUT2D eigenvalue weighted by atomic mass is 10.0. The number of ether oxygens (including phenoxy) is 1. The Balaban J connectivity index is 3.17. The fourth-order valence-electron chi connectivity index (χ4n) is 1.47. The van der Waals surface area contributed by atoms with E-state index in [-0.39, 0.29) is 11.8 Å². The molecule has 1 aromatic rings. The van der Waals surface area contributed by atoms with Crippen LogP contribution in [0.1, 0.15) is 24.1 Å². The van der Waals surface area contributed by atoms with Gasteiger partial charge in [-0.3, -0.25) is 0 Å². The molecule has 0 heterocycles. The summed E-state index contributed by atoms with van der Waals surface area (Å²) in [4.78, 5) is 0. The van der Waals surface area contributed by atoms with E-state index in [0.29, 0.717) is 5.75 Å². The summed E-state index contributed by atoms with van der Waals surface area (Å²) in [5.41, 5.74) is 2.20. The third-order valence-corrected chi connectivity index (χ3v) is 2.47. The van der Waals surface area contributed by atoms with Gasteiger partial charge in [0.05, 0.1) is 7.11 Å². The second-order valence-corrected chi connectivity index (χ2v) is 3.39. The third kappa shape index (κ3) is 1.99. The summed E-state index contributed by atoms with van der Waals surface area (Å²) >= 11 is 0. The molecule has 14 heavy (non-hydrogen) atoms. The van der Waals surface area contributed by atoms with Gasteiger partial charge in [0, 0.05) is 6.04 Å². The quantitative estimate of drug-likeness (QED) is 0.775. The van der Waals surface area contributed by atoms with Crippen LogP contribution >= 0.6 is 0 Å². The molecular formula is C11H17NO2. The van der Waals surface area contributed by atoms with Crippen LogP contribution in [0.2, 0.25) is 0 Å². The average Bonchev–Trinajstić information content (AvgIpc) is 2.17. The summed E-state index contributed by atoms with van der Waals surface area (Å²) in [7, 11) is 3.46. The maximum Gasteiger partial charge on any atom is 0.160 e. The van der Waals surface area contributed by atoms with Gasteiger partial charge in [-0.05, 0) is 44.2 Å². The molecule has 0 radical (unpaired) electrons. The Morgan fingerprint density at radius 3 is 2.57 bits per heavy atom. The lowest BCUT2D eigenvalue weighted by Gasteiger charge is -2.15. The van der Waals surface area contributed by atoms with Crippen LogP contribution in [0.15, 0.2) is 12.1 Å². The Labute approximate surface area is 84.7 Å². The predicted molar refractivity (Wildman–Crippen MR) is 56.9 cm³/mol. The van der Waals surface area contributed by atoms with Gasteiger partial charge < -0.3 is 15.2 Å². The molecule has 0 amide bonds. The van der Waals surface area contributed by atoms with Gasteiger partial charge in [0.2, 0.25) is 0 Å². The normalized spacial score (nSPS) is 12.6. The largest absolute Gasteiger partial charge is 0.504 e. The molecular weight excluding hydrogens is 178 g/mol. The van der Waals surface area contributed by atoms with Crippen LogP contribution in [0.4, 0.5) is 0 Å². The van der Waals surface area contributed by atoms with Crippen LogP contribution in [0, 0.1) is 6.92 Å². The number of phenolic OH excluding ortho intramolecular Hbond substituents is 1. The summed E-state index contributed by atoms with van der Waals surface area (Å²) < 4.78 is 5.06. The molecule has 0 saturated carbocycles. The molecule has 1 unspecified atom stereocenters. The lowest BCUT2D eigenvalue weighted by molar-refractivity contribution is 0.372. The van der Waals surface area contributed by atoms with Crippen LogP contribution in [0.25, 0.3) is 0 Å². The minimum absolute atomic E-state index is 0.192. The number of rotatable bonds is 3. The molecule has 0 aliphatic rings. The van der Waals surface area contributed by atoms with E-state index in [0.717, 1.165) is 11.1 Å². The number of aryl methyl sites for hydroxylation is 1. The number of phenols is 1. The molecule has 3 heteroatoms. The number of nitrogens with one attached hydrogen (secondary N) is 1. The number of hydrogen-bond acceptors (Lipinski definition) is 3. The van der Waals surface area contributed by atoms with E-state index in [2.05, 4.69) is 12.2 Å². The predicted octanol–water partition coefficient (Wildman–Crippen LogP) is 1.99. The highest BCUT2D eigenvalue weighted by atomic mass is 16.5. The van der Waals surface area contributed by atoms with Gasteiger partial charge in [0.25, 0.3) is 0 Å². The highest BCUT2D eigenvalue weighted by Crippen LogP contribution is 2.31. The van der Waals surface area contributed by atoms with Crippen molar-refractivity contribution < 1.29 is 9.84 Å². The van der Waals surface area contributed by atoms with Gasteiger partial charge in [0.15, 0.2) is 11.5 Å². The van der Waals surface area contributed by atoms with Crippen molar-refractivity contribution in [1.29, 1.82) is 0 Å². The Morgan fingerprint density at radius 2 is 2.07 bits per heavy atom. The minimum atomic E-state index is 0.192. The second-order valence-electron chi connectivity index (χ2n) is 3.39. The van der Waals surface area contributed by atoms with E-state index < -0.39 is 0 Å². The number of methoxy groups -OCH3 is 1. The number of aromatic hydroxyl groups is 1. The molecule has 0 bridgehead atoms. The first-order chi connectivity index (χ1) is 6.60. The van der Waals surface area contributed by atoms with Crippen LogP contribution in [0.5, 0.6) is 11.5 Å². The van der Waals surface area contributed by atoms with Crippen LogP contribution in [0.3, 0.4) is 0 Å². The molecule has 1 atom stereocenters.